The first-order chi connectivity index (χ1) is 12.0. The average molecular weight is 336 g/mol. The summed E-state index contributed by atoms with van der Waals surface area (Å²) in [4.78, 5) is 25.7. The van der Waals surface area contributed by atoms with Crippen LogP contribution in [-0.2, 0) is 9.53 Å². The van der Waals surface area contributed by atoms with Gasteiger partial charge in [-0.15, -0.1) is 0 Å². The molecule has 1 aromatic heterocycles. The monoisotopic (exact) mass is 336 g/mol. The Bertz CT molecular complexity index is 970. The molecule has 4 heteroatoms. The second kappa shape index (κ2) is 6.93. The van der Waals surface area contributed by atoms with Crippen LogP contribution in [0.3, 0.4) is 0 Å². The molecule has 0 aliphatic heterocycles. The fraction of sp³-hybridized carbons (Fsp3) is 0.238. The van der Waals surface area contributed by atoms with Crippen molar-refractivity contribution in [1.82, 2.24) is 0 Å². The summed E-state index contributed by atoms with van der Waals surface area (Å²) >= 11 is 0. The highest BCUT2D eigenvalue weighted by molar-refractivity contribution is 5.85. The number of hydrogen-bond donors (Lipinski definition) is 0. The first-order valence-electron chi connectivity index (χ1n) is 8.27. The lowest BCUT2D eigenvalue weighted by molar-refractivity contribution is -0.143. The number of aryl methyl sites for hydroxylation is 2. The molecule has 0 spiro atoms. The second-order valence-corrected chi connectivity index (χ2v) is 6.07. The smallest absolute Gasteiger partial charge is 0.318 e. The fourth-order valence-corrected chi connectivity index (χ4v) is 3.12. The quantitative estimate of drug-likeness (QED) is 0.673. The van der Waals surface area contributed by atoms with E-state index >= 15 is 0 Å². The molecule has 1 heterocycles. The van der Waals surface area contributed by atoms with E-state index in [2.05, 4.69) is 0 Å². The lowest BCUT2D eigenvalue weighted by Gasteiger charge is -2.16. The Labute approximate surface area is 146 Å². The van der Waals surface area contributed by atoms with Gasteiger partial charge in [0.1, 0.15) is 11.5 Å². The van der Waals surface area contributed by atoms with E-state index in [1.807, 2.05) is 50.2 Å². The normalized spacial score (nSPS) is 12.1. The van der Waals surface area contributed by atoms with Gasteiger partial charge in [0.05, 0.1) is 23.8 Å². The van der Waals surface area contributed by atoms with E-state index in [1.165, 1.54) is 6.26 Å². The summed E-state index contributed by atoms with van der Waals surface area (Å²) in [5.41, 5.74) is 3.22. The van der Waals surface area contributed by atoms with E-state index < -0.39 is 11.9 Å². The third-order valence-electron chi connectivity index (χ3n) is 4.20. The van der Waals surface area contributed by atoms with Gasteiger partial charge in [0.15, 0.2) is 5.43 Å². The van der Waals surface area contributed by atoms with Crippen LogP contribution in [0.15, 0.2) is 57.9 Å². The van der Waals surface area contributed by atoms with Crippen molar-refractivity contribution in [2.24, 2.45) is 0 Å². The number of rotatable bonds is 4. The molecule has 25 heavy (non-hydrogen) atoms. The average Bonchev–Trinajstić information content (AvgIpc) is 2.59. The Morgan fingerprint density at radius 1 is 1.16 bits per heavy atom. The van der Waals surface area contributed by atoms with Crippen molar-refractivity contribution in [2.45, 2.75) is 26.7 Å². The van der Waals surface area contributed by atoms with E-state index in [0.29, 0.717) is 22.1 Å². The molecule has 4 nitrogen and oxygen atoms in total. The second-order valence-electron chi connectivity index (χ2n) is 6.07. The molecule has 0 aliphatic rings. The fourth-order valence-electron chi connectivity index (χ4n) is 3.12. The van der Waals surface area contributed by atoms with Crippen LogP contribution in [0, 0.1) is 13.8 Å². The van der Waals surface area contributed by atoms with Crippen LogP contribution >= 0.6 is 0 Å². The van der Waals surface area contributed by atoms with E-state index in [-0.39, 0.29) is 12.0 Å². The first kappa shape index (κ1) is 17.0. The Hall–Kier alpha value is -2.88. The van der Waals surface area contributed by atoms with Crippen molar-refractivity contribution in [2.75, 3.05) is 6.61 Å². The van der Waals surface area contributed by atoms with E-state index in [0.717, 1.165) is 11.1 Å². The number of hydrogen-bond acceptors (Lipinski definition) is 4. The summed E-state index contributed by atoms with van der Waals surface area (Å²) in [6.07, 6.45) is 1.39. The molecule has 0 saturated carbocycles. The van der Waals surface area contributed by atoms with Crippen LogP contribution in [0.4, 0.5) is 0 Å². The Morgan fingerprint density at radius 3 is 2.56 bits per heavy atom. The summed E-state index contributed by atoms with van der Waals surface area (Å²) in [6.45, 7) is 5.82. The standard InChI is InChI=1S/C21H20O4/c1-4-24-21(23)18(15-8-6-5-7-9-15)17-12-25-20-14(3)10-13(2)11-16(20)19(17)22/h5-12,18H,4H2,1-3H3. The van der Waals surface area contributed by atoms with Crippen molar-refractivity contribution in [1.29, 1.82) is 0 Å². The molecular formula is C21H20O4. The minimum atomic E-state index is -0.803. The van der Waals surface area contributed by atoms with E-state index in [1.54, 1.807) is 13.0 Å². The molecule has 0 N–H and O–H groups in total. The molecule has 0 fully saturated rings. The summed E-state index contributed by atoms with van der Waals surface area (Å²) in [5, 5.41) is 0.486. The van der Waals surface area contributed by atoms with Gasteiger partial charge in [-0.05, 0) is 43.5 Å². The number of benzene rings is 2. The SMILES string of the molecule is CCOC(=O)C(c1ccccc1)c1coc2c(C)cc(C)cc2c1=O. The van der Waals surface area contributed by atoms with Gasteiger partial charge in [-0.3, -0.25) is 9.59 Å². The van der Waals surface area contributed by atoms with Crippen LogP contribution in [0.2, 0.25) is 0 Å². The molecule has 0 aliphatic carbocycles. The van der Waals surface area contributed by atoms with Gasteiger partial charge in [-0.25, -0.2) is 0 Å². The number of esters is 1. The maximum Gasteiger partial charge on any atom is 0.318 e. The maximum atomic E-state index is 13.1. The molecule has 0 amide bonds. The maximum absolute atomic E-state index is 13.1. The zero-order valence-corrected chi connectivity index (χ0v) is 14.5. The summed E-state index contributed by atoms with van der Waals surface area (Å²) in [5.74, 6) is -1.26. The van der Waals surface area contributed by atoms with Crippen molar-refractivity contribution in [3.8, 4) is 0 Å². The molecule has 3 aromatic rings. The van der Waals surface area contributed by atoms with Crippen molar-refractivity contribution in [3.05, 3.63) is 81.2 Å². The highest BCUT2D eigenvalue weighted by atomic mass is 16.5. The minimum Gasteiger partial charge on any atom is -0.465 e. The number of carbonyl (C=O) groups excluding carboxylic acids is 1. The number of carbonyl (C=O) groups is 1. The van der Waals surface area contributed by atoms with Crippen molar-refractivity contribution in [3.63, 3.8) is 0 Å². The van der Waals surface area contributed by atoms with Crippen LogP contribution in [0.25, 0.3) is 11.0 Å². The molecule has 1 unspecified atom stereocenters. The zero-order valence-electron chi connectivity index (χ0n) is 14.5. The van der Waals surface area contributed by atoms with Gasteiger partial charge in [-0.1, -0.05) is 36.4 Å². The topological polar surface area (TPSA) is 56.5 Å². The van der Waals surface area contributed by atoms with E-state index in [9.17, 15) is 9.59 Å². The first-order valence-corrected chi connectivity index (χ1v) is 8.27. The molecule has 0 saturated heterocycles. The minimum absolute atomic E-state index is 0.199. The van der Waals surface area contributed by atoms with Crippen LogP contribution in [-0.4, -0.2) is 12.6 Å². The molecule has 3 rings (SSSR count). The van der Waals surface area contributed by atoms with Gasteiger partial charge in [0.2, 0.25) is 0 Å². The zero-order chi connectivity index (χ0) is 18.0. The number of fused-ring (bicyclic) bond motifs is 1. The highest BCUT2D eigenvalue weighted by Gasteiger charge is 2.28. The molecular weight excluding hydrogens is 316 g/mol. The predicted octanol–water partition coefficient (Wildman–Crippen LogP) is 4.10. The molecule has 0 bridgehead atoms. The summed E-state index contributed by atoms with van der Waals surface area (Å²) in [7, 11) is 0. The van der Waals surface area contributed by atoms with Gasteiger partial charge < -0.3 is 9.15 Å². The van der Waals surface area contributed by atoms with Crippen molar-refractivity contribution >= 4 is 16.9 Å². The third-order valence-corrected chi connectivity index (χ3v) is 4.20. The highest BCUT2D eigenvalue weighted by Crippen LogP contribution is 2.27. The summed E-state index contributed by atoms with van der Waals surface area (Å²) in [6, 6.07) is 12.9. The lowest BCUT2D eigenvalue weighted by Crippen LogP contribution is -2.23. The Morgan fingerprint density at radius 2 is 1.88 bits per heavy atom. The predicted molar refractivity (Wildman–Crippen MR) is 96.9 cm³/mol. The van der Waals surface area contributed by atoms with Gasteiger partial charge in [-0.2, -0.15) is 0 Å². The molecule has 0 radical (unpaired) electrons. The van der Waals surface area contributed by atoms with Crippen LogP contribution in [0.1, 0.15) is 35.1 Å². The lowest BCUT2D eigenvalue weighted by atomic mass is 9.91. The van der Waals surface area contributed by atoms with Gasteiger partial charge in [0, 0.05) is 0 Å². The van der Waals surface area contributed by atoms with E-state index in [4.69, 9.17) is 9.15 Å². The van der Waals surface area contributed by atoms with Crippen LogP contribution in [0.5, 0.6) is 0 Å². The van der Waals surface area contributed by atoms with Gasteiger partial charge >= 0.3 is 5.97 Å². The molecule has 2 aromatic carbocycles. The van der Waals surface area contributed by atoms with Crippen molar-refractivity contribution < 1.29 is 13.9 Å². The Kier molecular flexibility index (Phi) is 4.70. The third kappa shape index (κ3) is 3.20. The largest absolute Gasteiger partial charge is 0.465 e. The van der Waals surface area contributed by atoms with Gasteiger partial charge in [0.25, 0.3) is 0 Å². The Balaban J connectivity index is 2.24. The number of ether oxygens (including phenoxy) is 1. The summed E-state index contributed by atoms with van der Waals surface area (Å²) < 4.78 is 10.9. The molecule has 1 atom stereocenters. The molecule has 128 valence electrons. The van der Waals surface area contributed by atoms with Crippen LogP contribution < -0.4 is 5.43 Å².